The van der Waals surface area contributed by atoms with E-state index in [0.717, 1.165) is 30.5 Å². The Hall–Kier alpha value is -2.11. The molecule has 26 heavy (non-hydrogen) atoms. The van der Waals surface area contributed by atoms with Crippen molar-refractivity contribution in [3.05, 3.63) is 58.9 Å². The predicted octanol–water partition coefficient (Wildman–Crippen LogP) is 3.57. The number of benzene rings is 2. The molecule has 1 aliphatic heterocycles. The van der Waals surface area contributed by atoms with Gasteiger partial charge in [-0.15, -0.1) is 12.4 Å². The predicted molar refractivity (Wildman–Crippen MR) is 102 cm³/mol. The molecule has 2 aromatic carbocycles. The first-order chi connectivity index (χ1) is 12.2. The monoisotopic (exact) mass is 376 g/mol. The van der Waals surface area contributed by atoms with Gasteiger partial charge in [0.2, 0.25) is 5.91 Å². The van der Waals surface area contributed by atoms with Gasteiger partial charge in [0.1, 0.15) is 11.6 Å². The molecule has 2 N–H and O–H groups in total. The lowest BCUT2D eigenvalue weighted by Crippen LogP contribution is -2.29. The summed E-state index contributed by atoms with van der Waals surface area (Å²) >= 11 is 0. The van der Waals surface area contributed by atoms with Crippen molar-refractivity contribution in [3.63, 3.8) is 0 Å². The van der Waals surface area contributed by atoms with Gasteiger partial charge in [-0.3, -0.25) is 4.79 Å². The summed E-state index contributed by atoms with van der Waals surface area (Å²) in [5, 5.41) is 6.05. The number of halogens is 2. The molecule has 1 amide bonds. The molecule has 0 unspecified atom stereocenters. The average molecular weight is 377 g/mol. The van der Waals surface area contributed by atoms with Gasteiger partial charge in [-0.25, -0.2) is 4.39 Å². The summed E-state index contributed by atoms with van der Waals surface area (Å²) in [4.78, 5) is 12.9. The number of anilines is 1. The minimum Gasteiger partial charge on any atom is -0.496 e. The van der Waals surface area contributed by atoms with E-state index in [1.54, 1.807) is 13.2 Å². The van der Waals surface area contributed by atoms with Gasteiger partial charge < -0.3 is 15.4 Å². The van der Waals surface area contributed by atoms with Crippen molar-refractivity contribution in [2.75, 3.05) is 19.0 Å². The van der Waals surface area contributed by atoms with E-state index in [2.05, 4.69) is 10.6 Å². The van der Waals surface area contributed by atoms with Gasteiger partial charge in [-0.05, 0) is 49.1 Å². The Morgan fingerprint density at radius 3 is 2.73 bits per heavy atom. The zero-order valence-electron chi connectivity index (χ0n) is 14.6. The third-order valence-corrected chi connectivity index (χ3v) is 5.26. The number of carbonyl (C=O) groups is 1. The molecule has 0 radical (unpaired) electrons. The molecule has 0 saturated heterocycles. The fourth-order valence-corrected chi connectivity index (χ4v) is 3.66. The number of para-hydroxylation sites is 1. The maximum atomic E-state index is 14.8. The zero-order valence-corrected chi connectivity index (χ0v) is 15.4. The molecular weight excluding hydrogens is 355 g/mol. The van der Waals surface area contributed by atoms with E-state index >= 15 is 0 Å². The fourth-order valence-electron chi connectivity index (χ4n) is 3.66. The molecule has 2 aliphatic rings. The van der Waals surface area contributed by atoms with E-state index in [0.29, 0.717) is 24.3 Å². The summed E-state index contributed by atoms with van der Waals surface area (Å²) in [5.41, 5.74) is 2.20. The Morgan fingerprint density at radius 1 is 1.23 bits per heavy atom. The summed E-state index contributed by atoms with van der Waals surface area (Å²) in [6, 6.07) is 11.1. The minimum atomic E-state index is -0.615. The molecule has 6 heteroatoms. The number of methoxy groups -OCH3 is 1. The van der Waals surface area contributed by atoms with Gasteiger partial charge in [-0.1, -0.05) is 24.3 Å². The Balaban J connectivity index is 0.00000196. The number of carbonyl (C=O) groups excluding carboxylic acids is 1. The van der Waals surface area contributed by atoms with Crippen LogP contribution in [0, 0.1) is 5.82 Å². The highest BCUT2D eigenvalue weighted by atomic mass is 35.5. The Morgan fingerprint density at radius 2 is 2.00 bits per heavy atom. The van der Waals surface area contributed by atoms with Gasteiger partial charge >= 0.3 is 0 Å². The van der Waals surface area contributed by atoms with E-state index in [9.17, 15) is 9.18 Å². The SMILES string of the molecule is COc1ccccc1C1(C(=O)Nc2ccc3c(c2F)CCNC3)CC1.Cl. The van der Waals surface area contributed by atoms with Crippen LogP contribution in [-0.4, -0.2) is 19.6 Å². The number of hydrogen-bond acceptors (Lipinski definition) is 3. The molecule has 4 rings (SSSR count). The highest BCUT2D eigenvalue weighted by Crippen LogP contribution is 2.52. The second-order valence-electron chi connectivity index (χ2n) is 6.73. The molecule has 1 heterocycles. The highest BCUT2D eigenvalue weighted by Gasteiger charge is 2.53. The van der Waals surface area contributed by atoms with Crippen LogP contribution in [0.4, 0.5) is 10.1 Å². The lowest BCUT2D eigenvalue weighted by molar-refractivity contribution is -0.118. The smallest absolute Gasteiger partial charge is 0.235 e. The van der Waals surface area contributed by atoms with E-state index in [1.807, 2.05) is 30.3 Å². The summed E-state index contributed by atoms with van der Waals surface area (Å²) in [6.07, 6.45) is 2.13. The van der Waals surface area contributed by atoms with E-state index < -0.39 is 5.41 Å². The first-order valence-electron chi connectivity index (χ1n) is 8.61. The number of nitrogens with one attached hydrogen (secondary N) is 2. The number of hydrogen-bond donors (Lipinski definition) is 2. The maximum absolute atomic E-state index is 14.8. The normalized spacial score (nSPS) is 16.8. The first-order valence-corrected chi connectivity index (χ1v) is 8.61. The molecule has 0 bridgehead atoms. The number of ether oxygens (including phenoxy) is 1. The largest absolute Gasteiger partial charge is 0.496 e. The minimum absolute atomic E-state index is 0. The third kappa shape index (κ3) is 3.06. The van der Waals surface area contributed by atoms with Crippen LogP contribution in [0.25, 0.3) is 0 Å². The van der Waals surface area contributed by atoms with Crippen LogP contribution >= 0.6 is 12.4 Å². The summed E-state index contributed by atoms with van der Waals surface area (Å²) < 4.78 is 20.2. The fraction of sp³-hybridized carbons (Fsp3) is 0.350. The lowest BCUT2D eigenvalue weighted by atomic mass is 9.93. The van der Waals surface area contributed by atoms with E-state index in [-0.39, 0.29) is 29.8 Å². The van der Waals surface area contributed by atoms with Crippen LogP contribution in [0.3, 0.4) is 0 Å². The van der Waals surface area contributed by atoms with Crippen molar-refractivity contribution in [3.8, 4) is 5.75 Å². The number of fused-ring (bicyclic) bond motifs is 1. The molecular formula is C20H22ClFN2O2. The molecule has 1 saturated carbocycles. The Kier molecular flexibility index (Phi) is 5.21. The quantitative estimate of drug-likeness (QED) is 0.857. The molecule has 0 atom stereocenters. The Labute approximate surface area is 158 Å². The van der Waals surface area contributed by atoms with Gasteiger partial charge in [0.25, 0.3) is 0 Å². The Bertz CT molecular complexity index is 837. The average Bonchev–Trinajstić information content (AvgIpc) is 3.46. The van der Waals surface area contributed by atoms with Gasteiger partial charge in [0.05, 0.1) is 18.2 Å². The summed E-state index contributed by atoms with van der Waals surface area (Å²) in [5.74, 6) is 0.236. The number of amides is 1. The maximum Gasteiger partial charge on any atom is 0.235 e. The van der Waals surface area contributed by atoms with Crippen LogP contribution in [0.5, 0.6) is 5.75 Å². The van der Waals surface area contributed by atoms with Crippen LogP contribution < -0.4 is 15.4 Å². The second-order valence-corrected chi connectivity index (χ2v) is 6.73. The molecule has 0 aromatic heterocycles. The van der Waals surface area contributed by atoms with Crippen LogP contribution in [0.1, 0.15) is 29.5 Å². The molecule has 0 spiro atoms. The van der Waals surface area contributed by atoms with Crippen molar-refractivity contribution in [1.29, 1.82) is 0 Å². The van der Waals surface area contributed by atoms with Gasteiger partial charge in [0, 0.05) is 12.1 Å². The first kappa shape index (κ1) is 18.7. The molecule has 4 nitrogen and oxygen atoms in total. The second kappa shape index (κ2) is 7.25. The molecule has 2 aromatic rings. The molecule has 1 fully saturated rings. The molecule has 138 valence electrons. The van der Waals surface area contributed by atoms with Crippen molar-refractivity contribution in [2.24, 2.45) is 0 Å². The standard InChI is InChI=1S/C20H21FN2O2.ClH/c1-25-17-5-3-2-4-15(17)20(9-10-20)19(24)23-16-7-6-13-12-22-11-8-14(13)18(16)21;/h2-7,22H,8-12H2,1H3,(H,23,24);1H. The van der Waals surface area contributed by atoms with Crippen LogP contribution in [0.15, 0.2) is 36.4 Å². The van der Waals surface area contributed by atoms with Crippen molar-refractivity contribution < 1.29 is 13.9 Å². The summed E-state index contributed by atoms with van der Waals surface area (Å²) in [7, 11) is 1.60. The van der Waals surface area contributed by atoms with Crippen LogP contribution in [-0.2, 0) is 23.2 Å². The van der Waals surface area contributed by atoms with Crippen molar-refractivity contribution >= 4 is 24.0 Å². The highest BCUT2D eigenvalue weighted by molar-refractivity contribution is 6.02. The topological polar surface area (TPSA) is 50.4 Å². The van der Waals surface area contributed by atoms with E-state index in [4.69, 9.17) is 4.74 Å². The third-order valence-electron chi connectivity index (χ3n) is 5.26. The van der Waals surface area contributed by atoms with Crippen molar-refractivity contribution in [2.45, 2.75) is 31.2 Å². The van der Waals surface area contributed by atoms with Crippen molar-refractivity contribution in [1.82, 2.24) is 5.32 Å². The lowest BCUT2D eigenvalue weighted by Gasteiger charge is -2.21. The zero-order chi connectivity index (χ0) is 17.4. The van der Waals surface area contributed by atoms with Crippen LogP contribution in [0.2, 0.25) is 0 Å². The van der Waals surface area contributed by atoms with Gasteiger partial charge in [-0.2, -0.15) is 0 Å². The summed E-state index contributed by atoms with van der Waals surface area (Å²) in [6.45, 7) is 1.43. The molecule has 1 aliphatic carbocycles. The number of rotatable bonds is 4. The van der Waals surface area contributed by atoms with E-state index in [1.165, 1.54) is 0 Å². The van der Waals surface area contributed by atoms with Gasteiger partial charge in [0.15, 0.2) is 0 Å².